The highest BCUT2D eigenvalue weighted by Gasteiger charge is 2.32. The van der Waals surface area contributed by atoms with Gasteiger partial charge in [-0.2, -0.15) is 0 Å². The van der Waals surface area contributed by atoms with E-state index in [1.54, 1.807) is 0 Å². The minimum Gasteiger partial charge on any atom is -0.408 e. The van der Waals surface area contributed by atoms with Crippen LogP contribution in [0.5, 0.6) is 0 Å². The number of nitrogens with zero attached hydrogens (tertiary/aromatic N) is 5. The first-order valence-electron chi connectivity index (χ1n) is 8.48. The van der Waals surface area contributed by atoms with Crippen LogP contribution in [-0.4, -0.2) is 44.4 Å². The number of sulfone groups is 1. The highest BCUT2D eigenvalue weighted by atomic mass is 32.2. The summed E-state index contributed by atoms with van der Waals surface area (Å²) in [6.45, 7) is 5.13. The number of halogens is 2. The van der Waals surface area contributed by atoms with Gasteiger partial charge in [-0.15, -0.1) is 15.3 Å². The van der Waals surface area contributed by atoms with Crippen LogP contribution in [-0.2, 0) is 21.5 Å². The molecule has 3 aromatic rings. The number of carbonyl (C=O) groups excluding carboxylic acids is 1. The number of aromatic nitrogens is 5. The molecule has 0 aliphatic rings. The Morgan fingerprint density at radius 1 is 1.24 bits per heavy atom. The average molecular weight is 428 g/mol. The summed E-state index contributed by atoms with van der Waals surface area (Å²) in [5.74, 6) is -4.70. The summed E-state index contributed by atoms with van der Waals surface area (Å²) >= 11 is 0. The van der Waals surface area contributed by atoms with Gasteiger partial charge in [0.1, 0.15) is 5.75 Å². The number of pyridine rings is 1. The number of hydrogen-bond acceptors (Lipinski definition) is 8. The molecule has 3 heterocycles. The number of aryl methyl sites for hydroxylation is 1. The maximum atomic E-state index is 14.2. The van der Waals surface area contributed by atoms with Gasteiger partial charge in [0.2, 0.25) is 5.89 Å². The number of alkyl halides is 2. The molecule has 0 unspecified atom stereocenters. The summed E-state index contributed by atoms with van der Waals surface area (Å²) in [6, 6.07) is 1.99. The predicted molar refractivity (Wildman–Crippen MR) is 97.3 cm³/mol. The predicted octanol–water partition coefficient (Wildman–Crippen LogP) is 2.11. The highest BCUT2D eigenvalue weighted by Crippen LogP contribution is 2.30. The third-order valence-electron chi connectivity index (χ3n) is 4.11. The number of amides is 1. The first kappa shape index (κ1) is 20.8. The van der Waals surface area contributed by atoms with E-state index in [4.69, 9.17) is 4.42 Å². The maximum absolute atomic E-state index is 14.2. The van der Waals surface area contributed by atoms with Gasteiger partial charge in [-0.3, -0.25) is 14.5 Å². The number of nitrogens with one attached hydrogen (secondary N) is 1. The van der Waals surface area contributed by atoms with Crippen LogP contribution in [0.1, 0.15) is 48.5 Å². The Balaban J connectivity index is 2.13. The van der Waals surface area contributed by atoms with E-state index in [1.165, 1.54) is 20.8 Å². The first-order chi connectivity index (χ1) is 13.4. The molecule has 0 bridgehead atoms. The summed E-state index contributed by atoms with van der Waals surface area (Å²) in [7, 11) is -3.66. The van der Waals surface area contributed by atoms with E-state index in [2.05, 4.69) is 25.7 Å². The van der Waals surface area contributed by atoms with Crippen molar-refractivity contribution in [3.63, 3.8) is 0 Å². The van der Waals surface area contributed by atoms with Crippen molar-refractivity contribution in [1.29, 1.82) is 0 Å². The summed E-state index contributed by atoms with van der Waals surface area (Å²) < 4.78 is 58.9. The molecular formula is C16H18F2N6O4S. The van der Waals surface area contributed by atoms with Gasteiger partial charge in [0.25, 0.3) is 11.8 Å². The van der Waals surface area contributed by atoms with Gasteiger partial charge in [0.15, 0.2) is 21.3 Å². The van der Waals surface area contributed by atoms with Crippen molar-refractivity contribution in [1.82, 2.24) is 24.8 Å². The third-order valence-corrected chi connectivity index (χ3v) is 6.21. The lowest BCUT2D eigenvalue weighted by Crippen LogP contribution is -2.21. The summed E-state index contributed by atoms with van der Waals surface area (Å²) in [6.07, 6.45) is 0. The van der Waals surface area contributed by atoms with Gasteiger partial charge < -0.3 is 4.42 Å². The number of rotatable bonds is 6. The number of anilines is 1. The number of fused-ring (bicyclic) bond motifs is 1. The van der Waals surface area contributed by atoms with Crippen molar-refractivity contribution in [3.8, 4) is 0 Å². The molecule has 3 rings (SSSR count). The molecule has 0 aliphatic carbocycles. The minimum absolute atomic E-state index is 0.116. The Morgan fingerprint density at radius 2 is 1.93 bits per heavy atom. The third kappa shape index (κ3) is 4.09. The molecular weight excluding hydrogens is 410 g/mol. The molecule has 0 aliphatic heterocycles. The molecule has 0 atom stereocenters. The SMILES string of the molecule is Cc1nnc(NC(=O)c2ccc(C(C)(F)F)n3c(CS(=O)(=O)C(C)C)nnc23)o1. The largest absolute Gasteiger partial charge is 0.408 e. The van der Waals surface area contributed by atoms with E-state index in [0.717, 1.165) is 16.5 Å². The lowest BCUT2D eigenvalue weighted by Gasteiger charge is -2.16. The standard InChI is InChI=1S/C16H18F2N6O4S/c1-8(2)29(26,27)7-12-21-22-13-10(5-6-11(24(12)13)16(4,17)18)14(25)19-15-23-20-9(3)28-15/h5-6,8H,7H2,1-4H3,(H,19,23,25). The van der Waals surface area contributed by atoms with Crippen LogP contribution in [0.15, 0.2) is 16.5 Å². The second kappa shape index (κ2) is 7.13. The maximum Gasteiger partial charge on any atom is 0.322 e. The summed E-state index contributed by atoms with van der Waals surface area (Å²) in [4.78, 5) is 12.6. The van der Waals surface area contributed by atoms with Gasteiger partial charge >= 0.3 is 6.01 Å². The Kier molecular flexibility index (Phi) is 5.11. The molecule has 0 radical (unpaired) electrons. The van der Waals surface area contributed by atoms with Gasteiger partial charge in [0, 0.05) is 13.8 Å². The van der Waals surface area contributed by atoms with E-state index in [0.29, 0.717) is 6.92 Å². The molecule has 0 saturated heterocycles. The zero-order chi connectivity index (χ0) is 21.6. The van der Waals surface area contributed by atoms with Gasteiger partial charge in [-0.1, -0.05) is 5.10 Å². The molecule has 0 fully saturated rings. The lowest BCUT2D eigenvalue weighted by atomic mass is 10.1. The fourth-order valence-corrected chi connectivity index (χ4v) is 3.41. The van der Waals surface area contributed by atoms with Crippen LogP contribution >= 0.6 is 0 Å². The monoisotopic (exact) mass is 428 g/mol. The van der Waals surface area contributed by atoms with E-state index in [1.807, 2.05) is 0 Å². The van der Waals surface area contributed by atoms with E-state index < -0.39 is 38.4 Å². The van der Waals surface area contributed by atoms with Gasteiger partial charge in [-0.05, 0) is 26.0 Å². The van der Waals surface area contributed by atoms with E-state index in [-0.39, 0.29) is 28.9 Å². The van der Waals surface area contributed by atoms with Crippen LogP contribution in [0.25, 0.3) is 5.65 Å². The molecule has 1 amide bonds. The molecule has 29 heavy (non-hydrogen) atoms. The highest BCUT2D eigenvalue weighted by molar-refractivity contribution is 7.91. The van der Waals surface area contributed by atoms with Crippen LogP contribution < -0.4 is 5.32 Å². The van der Waals surface area contributed by atoms with Crippen LogP contribution in [0.4, 0.5) is 14.8 Å². The summed E-state index contributed by atoms with van der Waals surface area (Å²) in [5, 5.41) is 16.4. The minimum atomic E-state index is -3.66. The van der Waals surface area contributed by atoms with Crippen LogP contribution in [0.2, 0.25) is 0 Å². The molecule has 1 N–H and O–H groups in total. The molecule has 156 valence electrons. The Morgan fingerprint density at radius 3 is 2.48 bits per heavy atom. The second-order valence-corrected chi connectivity index (χ2v) is 9.29. The lowest BCUT2D eigenvalue weighted by molar-refractivity contribution is 0.0113. The van der Waals surface area contributed by atoms with Crippen LogP contribution in [0, 0.1) is 6.92 Å². The fraction of sp³-hybridized carbons (Fsp3) is 0.438. The van der Waals surface area contributed by atoms with E-state index >= 15 is 0 Å². The quantitative estimate of drug-likeness (QED) is 0.631. The Bertz CT molecular complexity index is 1180. The molecule has 0 spiro atoms. The molecule has 0 saturated carbocycles. The topological polar surface area (TPSA) is 132 Å². The normalized spacial score (nSPS) is 12.7. The molecule has 10 nitrogen and oxygen atoms in total. The number of hydrogen-bond donors (Lipinski definition) is 1. The molecule has 3 aromatic heterocycles. The van der Waals surface area contributed by atoms with Crippen molar-refractivity contribution in [2.75, 3.05) is 5.32 Å². The van der Waals surface area contributed by atoms with Crippen molar-refractivity contribution in [2.24, 2.45) is 0 Å². The fourth-order valence-electron chi connectivity index (χ4n) is 2.53. The van der Waals surface area contributed by atoms with Crippen LogP contribution in [0.3, 0.4) is 0 Å². The molecule has 0 aromatic carbocycles. The zero-order valence-electron chi connectivity index (χ0n) is 16.0. The Labute approximate surface area is 164 Å². The molecule has 13 heteroatoms. The average Bonchev–Trinajstić information content (AvgIpc) is 3.19. The van der Waals surface area contributed by atoms with Gasteiger partial charge in [0.05, 0.1) is 16.5 Å². The van der Waals surface area contributed by atoms with E-state index in [9.17, 15) is 22.0 Å². The smallest absolute Gasteiger partial charge is 0.322 e. The first-order valence-corrected chi connectivity index (χ1v) is 10.2. The second-order valence-electron chi connectivity index (χ2n) is 6.73. The van der Waals surface area contributed by atoms with Crippen molar-refractivity contribution < 1.29 is 26.4 Å². The Hall–Kier alpha value is -2.96. The van der Waals surface area contributed by atoms with Crippen molar-refractivity contribution in [2.45, 2.75) is 44.6 Å². The van der Waals surface area contributed by atoms with Crippen molar-refractivity contribution >= 4 is 27.4 Å². The number of carbonyl (C=O) groups is 1. The van der Waals surface area contributed by atoms with Gasteiger partial charge in [-0.25, -0.2) is 17.2 Å². The zero-order valence-corrected chi connectivity index (χ0v) is 16.8. The summed E-state index contributed by atoms with van der Waals surface area (Å²) in [5.41, 5.74) is -0.877. The van der Waals surface area contributed by atoms with Crippen molar-refractivity contribution in [3.05, 3.63) is 35.1 Å².